The second-order valence-corrected chi connectivity index (χ2v) is 4.15. The van der Waals surface area contributed by atoms with Gasteiger partial charge in [-0.25, -0.2) is 0 Å². The third-order valence-electron chi connectivity index (χ3n) is 2.34. The smallest absolute Gasteiger partial charge is 0.325 e. The lowest BCUT2D eigenvalue weighted by molar-refractivity contribution is -0.144. The number of aryl methyl sites for hydroxylation is 1. The van der Waals surface area contributed by atoms with Crippen molar-refractivity contribution in [2.75, 3.05) is 13.2 Å². The van der Waals surface area contributed by atoms with Crippen molar-refractivity contribution < 1.29 is 18.8 Å². The van der Waals surface area contributed by atoms with Crippen molar-refractivity contribution in [1.82, 2.24) is 10.1 Å². The van der Waals surface area contributed by atoms with E-state index < -0.39 is 5.97 Å². The Morgan fingerprint density at radius 2 is 2.17 bits per heavy atom. The molecule has 0 aliphatic carbocycles. The third kappa shape index (κ3) is 3.58. The van der Waals surface area contributed by atoms with Crippen LogP contribution in [0, 0.1) is 6.92 Å². The van der Waals surface area contributed by atoms with Crippen LogP contribution in [0.2, 0.25) is 0 Å². The predicted molar refractivity (Wildman–Crippen MR) is 64.0 cm³/mol. The van der Waals surface area contributed by atoms with Crippen molar-refractivity contribution in [3.63, 3.8) is 0 Å². The second kappa shape index (κ2) is 6.18. The fourth-order valence-corrected chi connectivity index (χ4v) is 1.45. The molecule has 0 fully saturated rings. The minimum Gasteiger partial charge on any atom is -0.465 e. The van der Waals surface area contributed by atoms with E-state index in [-0.39, 0.29) is 24.2 Å². The summed E-state index contributed by atoms with van der Waals surface area (Å²) in [6, 6.07) is 1.42. The molecule has 1 aromatic rings. The zero-order valence-electron chi connectivity index (χ0n) is 11.1. The van der Waals surface area contributed by atoms with Gasteiger partial charge in [-0.1, -0.05) is 5.16 Å². The Hall–Kier alpha value is -1.85. The summed E-state index contributed by atoms with van der Waals surface area (Å²) in [5.74, 6) is -0.215. The molecule has 100 valence electrons. The molecule has 0 aliphatic rings. The van der Waals surface area contributed by atoms with Crippen LogP contribution in [0.5, 0.6) is 0 Å². The number of nitrogens with zero attached hydrogens (tertiary/aromatic N) is 2. The summed E-state index contributed by atoms with van der Waals surface area (Å²) in [5, 5.41) is 3.65. The van der Waals surface area contributed by atoms with Crippen molar-refractivity contribution in [2.45, 2.75) is 33.7 Å². The first-order valence-corrected chi connectivity index (χ1v) is 5.85. The highest BCUT2D eigenvalue weighted by Gasteiger charge is 2.24. The van der Waals surface area contributed by atoms with Gasteiger partial charge in [0.25, 0.3) is 5.91 Å². The summed E-state index contributed by atoms with van der Waals surface area (Å²) in [6.07, 6.45) is 0. The number of carbonyl (C=O) groups excluding carboxylic acids is 2. The van der Waals surface area contributed by atoms with Crippen molar-refractivity contribution in [1.29, 1.82) is 0 Å². The molecule has 0 spiro atoms. The lowest BCUT2D eigenvalue weighted by Gasteiger charge is -2.24. The summed E-state index contributed by atoms with van der Waals surface area (Å²) < 4.78 is 9.69. The highest BCUT2D eigenvalue weighted by Crippen LogP contribution is 2.09. The van der Waals surface area contributed by atoms with Gasteiger partial charge < -0.3 is 14.2 Å². The van der Waals surface area contributed by atoms with Crippen LogP contribution >= 0.6 is 0 Å². The molecule has 0 radical (unpaired) electrons. The highest BCUT2D eigenvalue weighted by atomic mass is 16.5. The van der Waals surface area contributed by atoms with Crippen LogP contribution in [-0.2, 0) is 9.53 Å². The van der Waals surface area contributed by atoms with Gasteiger partial charge in [0.1, 0.15) is 12.3 Å². The van der Waals surface area contributed by atoms with Crippen LogP contribution < -0.4 is 0 Å². The molecule has 0 aromatic carbocycles. The molecule has 0 saturated carbocycles. The number of esters is 1. The molecular weight excluding hydrogens is 236 g/mol. The number of hydrogen-bond donors (Lipinski definition) is 0. The van der Waals surface area contributed by atoms with Crippen molar-refractivity contribution >= 4 is 11.9 Å². The average molecular weight is 254 g/mol. The topological polar surface area (TPSA) is 72.6 Å². The molecule has 1 aromatic heterocycles. The minimum atomic E-state index is -0.431. The first kappa shape index (κ1) is 14.2. The summed E-state index contributed by atoms with van der Waals surface area (Å²) in [7, 11) is 0. The molecule has 0 bridgehead atoms. The van der Waals surface area contributed by atoms with Gasteiger partial charge in [-0.2, -0.15) is 0 Å². The van der Waals surface area contributed by atoms with Gasteiger partial charge in [0.2, 0.25) is 0 Å². The van der Waals surface area contributed by atoms with Gasteiger partial charge in [0.05, 0.1) is 6.61 Å². The zero-order chi connectivity index (χ0) is 13.7. The van der Waals surface area contributed by atoms with Crippen LogP contribution in [-0.4, -0.2) is 41.1 Å². The molecule has 1 amide bonds. The van der Waals surface area contributed by atoms with E-state index in [0.717, 1.165) is 0 Å². The minimum absolute atomic E-state index is 0.0871. The average Bonchev–Trinajstić information content (AvgIpc) is 2.72. The maximum Gasteiger partial charge on any atom is 0.325 e. The monoisotopic (exact) mass is 254 g/mol. The molecule has 0 aliphatic heterocycles. The van der Waals surface area contributed by atoms with Gasteiger partial charge in [-0.3, -0.25) is 9.59 Å². The van der Waals surface area contributed by atoms with E-state index in [2.05, 4.69) is 5.16 Å². The highest BCUT2D eigenvalue weighted by molar-refractivity contribution is 5.94. The molecule has 1 rings (SSSR count). The van der Waals surface area contributed by atoms with Crippen LogP contribution in [0.4, 0.5) is 0 Å². The van der Waals surface area contributed by atoms with Crippen LogP contribution in [0.1, 0.15) is 37.0 Å². The SMILES string of the molecule is CCOC(=O)CN(C(=O)c1cc(C)on1)C(C)C. The summed E-state index contributed by atoms with van der Waals surface area (Å²) in [4.78, 5) is 25.0. The number of ether oxygens (including phenoxy) is 1. The van der Waals surface area contributed by atoms with Crippen LogP contribution in [0.15, 0.2) is 10.6 Å². The Morgan fingerprint density at radius 3 is 2.61 bits per heavy atom. The standard InChI is InChI=1S/C12H18N2O4/c1-5-17-11(15)7-14(8(2)3)12(16)10-6-9(4)18-13-10/h6,8H,5,7H2,1-4H3. The lowest BCUT2D eigenvalue weighted by atomic mass is 10.2. The van der Waals surface area contributed by atoms with Gasteiger partial charge in [-0.05, 0) is 27.7 Å². The summed E-state index contributed by atoms with van der Waals surface area (Å²) in [6.45, 7) is 7.28. The molecule has 18 heavy (non-hydrogen) atoms. The number of aromatic nitrogens is 1. The molecule has 0 N–H and O–H groups in total. The van der Waals surface area contributed by atoms with E-state index in [4.69, 9.17) is 9.26 Å². The molecular formula is C12H18N2O4. The van der Waals surface area contributed by atoms with Gasteiger partial charge in [0.15, 0.2) is 5.69 Å². The van der Waals surface area contributed by atoms with Crippen molar-refractivity contribution in [2.24, 2.45) is 0 Å². The maximum absolute atomic E-state index is 12.1. The fraction of sp³-hybridized carbons (Fsp3) is 0.583. The summed E-state index contributed by atoms with van der Waals surface area (Å²) in [5.41, 5.74) is 0.200. The first-order valence-electron chi connectivity index (χ1n) is 5.85. The van der Waals surface area contributed by atoms with Gasteiger partial charge in [-0.15, -0.1) is 0 Å². The fourth-order valence-electron chi connectivity index (χ4n) is 1.45. The summed E-state index contributed by atoms with van der Waals surface area (Å²) >= 11 is 0. The molecule has 0 saturated heterocycles. The lowest BCUT2D eigenvalue weighted by Crippen LogP contribution is -2.41. The Kier molecular flexibility index (Phi) is 4.88. The van der Waals surface area contributed by atoms with Crippen molar-refractivity contribution in [3.05, 3.63) is 17.5 Å². The molecule has 0 unspecified atom stereocenters. The normalized spacial score (nSPS) is 10.5. The predicted octanol–water partition coefficient (Wildman–Crippen LogP) is 1.40. The van der Waals surface area contributed by atoms with Crippen LogP contribution in [0.3, 0.4) is 0 Å². The Morgan fingerprint density at radius 1 is 1.50 bits per heavy atom. The van der Waals surface area contributed by atoms with E-state index in [0.29, 0.717) is 12.4 Å². The van der Waals surface area contributed by atoms with Gasteiger partial charge in [0, 0.05) is 12.1 Å². The largest absolute Gasteiger partial charge is 0.465 e. The molecule has 1 heterocycles. The maximum atomic E-state index is 12.1. The second-order valence-electron chi connectivity index (χ2n) is 4.15. The Bertz CT molecular complexity index is 425. The quantitative estimate of drug-likeness (QED) is 0.742. The number of amides is 1. The van der Waals surface area contributed by atoms with E-state index in [1.165, 1.54) is 4.90 Å². The zero-order valence-corrected chi connectivity index (χ0v) is 11.1. The number of hydrogen-bond acceptors (Lipinski definition) is 5. The van der Waals surface area contributed by atoms with E-state index in [1.807, 2.05) is 13.8 Å². The molecule has 6 nitrogen and oxygen atoms in total. The van der Waals surface area contributed by atoms with Crippen LogP contribution in [0.25, 0.3) is 0 Å². The van der Waals surface area contributed by atoms with E-state index in [9.17, 15) is 9.59 Å². The van der Waals surface area contributed by atoms with Gasteiger partial charge >= 0.3 is 5.97 Å². The third-order valence-corrected chi connectivity index (χ3v) is 2.34. The number of carbonyl (C=O) groups is 2. The number of rotatable bonds is 5. The first-order chi connectivity index (χ1) is 8.45. The van der Waals surface area contributed by atoms with E-state index >= 15 is 0 Å². The molecule has 0 atom stereocenters. The molecule has 6 heteroatoms. The Labute approximate surface area is 106 Å². The van der Waals surface area contributed by atoms with Crippen molar-refractivity contribution in [3.8, 4) is 0 Å². The Balaban J connectivity index is 2.79. The van der Waals surface area contributed by atoms with E-state index in [1.54, 1.807) is 19.9 Å².